The molecule has 1 heterocycles. The molecule has 1 rings (SSSR count). The number of carbonyl (C=O) groups excluding carboxylic acids is 1. The first-order valence-electron chi connectivity index (χ1n) is 5.19. The number of rotatable bonds is 6. The summed E-state index contributed by atoms with van der Waals surface area (Å²) < 4.78 is 10.9. The molecule has 1 aromatic rings. The first-order chi connectivity index (χ1) is 7.99. The van der Waals surface area contributed by atoms with Crippen LogP contribution >= 0.6 is 0 Å². The number of anilines is 1. The maximum atomic E-state index is 10.9. The number of hydrogen-bond donors (Lipinski definition) is 2. The summed E-state index contributed by atoms with van der Waals surface area (Å²) in [4.78, 5) is 10.8. The highest BCUT2D eigenvalue weighted by molar-refractivity contribution is 7.84. The number of amides is 1. The minimum atomic E-state index is -0.791. The van der Waals surface area contributed by atoms with Crippen molar-refractivity contribution in [3.63, 3.8) is 0 Å². The summed E-state index contributed by atoms with van der Waals surface area (Å²) >= 11 is 0. The lowest BCUT2D eigenvalue weighted by Gasteiger charge is -2.12. The summed E-state index contributed by atoms with van der Waals surface area (Å²) in [5.41, 5.74) is 5.19. The van der Waals surface area contributed by atoms with Crippen molar-refractivity contribution in [2.45, 2.75) is 19.4 Å². The predicted molar refractivity (Wildman–Crippen MR) is 67.2 cm³/mol. The summed E-state index contributed by atoms with van der Waals surface area (Å²) in [5.74, 6) is 0.615. The third-order valence-electron chi connectivity index (χ3n) is 2.15. The van der Waals surface area contributed by atoms with Gasteiger partial charge in [-0.15, -0.1) is 10.2 Å². The van der Waals surface area contributed by atoms with Crippen molar-refractivity contribution in [2.75, 3.05) is 17.3 Å². The van der Waals surface area contributed by atoms with Crippen molar-refractivity contribution in [3.8, 4) is 0 Å². The van der Waals surface area contributed by atoms with Crippen LogP contribution in [0.5, 0.6) is 0 Å². The monoisotopic (exact) mass is 256 g/mol. The van der Waals surface area contributed by atoms with E-state index >= 15 is 0 Å². The van der Waals surface area contributed by atoms with Gasteiger partial charge >= 0.3 is 0 Å². The van der Waals surface area contributed by atoms with Gasteiger partial charge < -0.3 is 11.1 Å². The largest absolute Gasteiger partial charge is 0.366 e. The fourth-order valence-corrected chi connectivity index (χ4v) is 1.89. The van der Waals surface area contributed by atoms with Gasteiger partial charge in [-0.25, -0.2) is 0 Å². The molecule has 6 nitrogen and oxygen atoms in total. The fraction of sp³-hybridized carbons (Fsp3) is 0.500. The van der Waals surface area contributed by atoms with E-state index in [1.165, 1.54) is 6.07 Å². The summed E-state index contributed by atoms with van der Waals surface area (Å²) in [6, 6.07) is 3.31. The van der Waals surface area contributed by atoms with Crippen molar-refractivity contribution in [1.29, 1.82) is 0 Å². The minimum Gasteiger partial charge on any atom is -0.366 e. The fourth-order valence-electron chi connectivity index (χ4n) is 1.21. The molecule has 0 saturated heterocycles. The van der Waals surface area contributed by atoms with Crippen LogP contribution in [0.15, 0.2) is 12.1 Å². The van der Waals surface area contributed by atoms with E-state index in [1.807, 2.05) is 6.92 Å². The second-order valence-corrected chi connectivity index (χ2v) is 5.33. The Labute approximate surface area is 102 Å². The number of nitrogens with two attached hydrogens (primary N) is 1. The van der Waals surface area contributed by atoms with Crippen LogP contribution in [0.1, 0.15) is 23.8 Å². The number of nitrogens with zero attached hydrogens (tertiary/aromatic N) is 2. The highest BCUT2D eigenvalue weighted by Gasteiger charge is 2.06. The summed E-state index contributed by atoms with van der Waals surface area (Å²) in [6.07, 6.45) is 2.45. The van der Waals surface area contributed by atoms with Crippen LogP contribution < -0.4 is 11.1 Å². The van der Waals surface area contributed by atoms with E-state index in [4.69, 9.17) is 5.73 Å². The molecule has 2 unspecified atom stereocenters. The Balaban J connectivity index is 2.51. The number of carbonyl (C=O) groups is 1. The van der Waals surface area contributed by atoms with Gasteiger partial charge in [0.25, 0.3) is 5.91 Å². The third kappa shape index (κ3) is 4.90. The Morgan fingerprint density at radius 2 is 2.24 bits per heavy atom. The number of primary amides is 1. The van der Waals surface area contributed by atoms with Gasteiger partial charge in [0.1, 0.15) is 5.82 Å². The van der Waals surface area contributed by atoms with E-state index in [-0.39, 0.29) is 11.7 Å². The SMILES string of the molecule is CC(CCS(C)=O)Nc1ccc(C(N)=O)nn1. The molecular weight excluding hydrogens is 240 g/mol. The number of aromatic nitrogens is 2. The number of nitrogens with one attached hydrogen (secondary N) is 1. The van der Waals surface area contributed by atoms with Gasteiger partial charge in [0.05, 0.1) is 0 Å². The minimum absolute atomic E-state index is 0.137. The highest BCUT2D eigenvalue weighted by atomic mass is 32.2. The van der Waals surface area contributed by atoms with Crippen LogP contribution in [0, 0.1) is 0 Å². The lowest BCUT2D eigenvalue weighted by Crippen LogP contribution is -2.20. The van der Waals surface area contributed by atoms with Gasteiger partial charge in [-0.05, 0) is 25.5 Å². The van der Waals surface area contributed by atoms with Crippen LogP contribution in [0.4, 0.5) is 5.82 Å². The van der Waals surface area contributed by atoms with Crippen molar-refractivity contribution in [2.24, 2.45) is 5.73 Å². The summed E-state index contributed by atoms with van der Waals surface area (Å²) in [7, 11) is -0.791. The average Bonchev–Trinajstić information content (AvgIpc) is 2.27. The zero-order chi connectivity index (χ0) is 12.8. The molecule has 3 N–H and O–H groups in total. The molecule has 7 heteroatoms. The lowest BCUT2D eigenvalue weighted by atomic mass is 10.2. The molecule has 0 fully saturated rings. The molecular formula is C10H16N4O2S. The summed E-state index contributed by atoms with van der Waals surface area (Å²) in [6.45, 7) is 1.97. The molecule has 1 aromatic heterocycles. The van der Waals surface area contributed by atoms with Gasteiger partial charge in [0.15, 0.2) is 5.69 Å². The molecule has 1 amide bonds. The van der Waals surface area contributed by atoms with Crippen molar-refractivity contribution < 1.29 is 9.00 Å². The second-order valence-electron chi connectivity index (χ2n) is 3.78. The molecule has 0 aliphatic rings. The Morgan fingerprint density at radius 1 is 1.53 bits per heavy atom. The van der Waals surface area contributed by atoms with Gasteiger partial charge in [-0.1, -0.05) is 0 Å². The zero-order valence-electron chi connectivity index (χ0n) is 9.84. The van der Waals surface area contributed by atoms with Gasteiger partial charge in [0.2, 0.25) is 0 Å². The van der Waals surface area contributed by atoms with Crippen LogP contribution in [-0.4, -0.2) is 38.4 Å². The highest BCUT2D eigenvalue weighted by Crippen LogP contribution is 2.05. The molecule has 17 heavy (non-hydrogen) atoms. The predicted octanol–water partition coefficient (Wildman–Crippen LogP) is 0.145. The Bertz CT molecular complexity index is 407. The molecule has 0 bridgehead atoms. The lowest BCUT2D eigenvalue weighted by molar-refractivity contribution is 0.0994. The van der Waals surface area contributed by atoms with Gasteiger partial charge in [-0.2, -0.15) is 0 Å². The van der Waals surface area contributed by atoms with E-state index in [1.54, 1.807) is 12.3 Å². The first-order valence-corrected chi connectivity index (χ1v) is 6.92. The Kier molecular flexibility index (Phi) is 5.02. The van der Waals surface area contributed by atoms with Crippen LogP contribution in [0.3, 0.4) is 0 Å². The molecule has 0 aliphatic heterocycles. The second kappa shape index (κ2) is 6.29. The van der Waals surface area contributed by atoms with Crippen molar-refractivity contribution >= 4 is 22.5 Å². The Morgan fingerprint density at radius 3 is 2.71 bits per heavy atom. The van der Waals surface area contributed by atoms with Gasteiger partial charge in [0, 0.05) is 28.9 Å². The van der Waals surface area contributed by atoms with Crippen molar-refractivity contribution in [3.05, 3.63) is 17.8 Å². The van der Waals surface area contributed by atoms with E-state index in [0.29, 0.717) is 11.6 Å². The number of hydrogen-bond acceptors (Lipinski definition) is 5. The van der Waals surface area contributed by atoms with E-state index in [9.17, 15) is 9.00 Å². The van der Waals surface area contributed by atoms with E-state index in [2.05, 4.69) is 15.5 Å². The quantitative estimate of drug-likeness (QED) is 0.754. The van der Waals surface area contributed by atoms with E-state index < -0.39 is 16.7 Å². The molecule has 0 spiro atoms. The molecule has 0 aromatic carbocycles. The maximum Gasteiger partial charge on any atom is 0.269 e. The molecule has 0 saturated carbocycles. The standard InChI is InChI=1S/C10H16N4O2S/c1-7(5-6-17(2)16)12-9-4-3-8(10(11)15)13-14-9/h3-4,7H,5-6H2,1-2H3,(H2,11,15)(H,12,14). The van der Waals surface area contributed by atoms with Crippen LogP contribution in [-0.2, 0) is 10.8 Å². The van der Waals surface area contributed by atoms with E-state index in [0.717, 1.165) is 6.42 Å². The summed E-state index contributed by atoms with van der Waals surface area (Å²) in [5, 5.41) is 10.6. The molecule has 0 aliphatic carbocycles. The van der Waals surface area contributed by atoms with Crippen LogP contribution in [0.2, 0.25) is 0 Å². The molecule has 94 valence electrons. The average molecular weight is 256 g/mol. The maximum absolute atomic E-state index is 10.9. The topological polar surface area (TPSA) is 98.0 Å². The van der Waals surface area contributed by atoms with Gasteiger partial charge in [-0.3, -0.25) is 9.00 Å². The normalized spacial score (nSPS) is 14.0. The molecule has 0 radical (unpaired) electrons. The molecule has 2 atom stereocenters. The zero-order valence-corrected chi connectivity index (χ0v) is 10.7. The van der Waals surface area contributed by atoms with Crippen molar-refractivity contribution in [1.82, 2.24) is 10.2 Å². The smallest absolute Gasteiger partial charge is 0.269 e. The van der Waals surface area contributed by atoms with Crippen LogP contribution in [0.25, 0.3) is 0 Å². The third-order valence-corrected chi connectivity index (χ3v) is 2.96. The Hall–Kier alpha value is -1.50. The first kappa shape index (κ1) is 13.6.